The van der Waals surface area contributed by atoms with Gasteiger partial charge in [-0.15, -0.1) is 0 Å². The van der Waals surface area contributed by atoms with Crippen LogP contribution in [0.15, 0.2) is 18.5 Å². The highest BCUT2D eigenvalue weighted by molar-refractivity contribution is 5.94. The van der Waals surface area contributed by atoms with Gasteiger partial charge in [0, 0.05) is 12.7 Å². The molecule has 0 aliphatic heterocycles. The lowest BCUT2D eigenvalue weighted by atomic mass is 9.83. The van der Waals surface area contributed by atoms with Gasteiger partial charge < -0.3 is 5.32 Å². The Morgan fingerprint density at radius 3 is 3.00 bits per heavy atom. The molecule has 0 spiro atoms. The highest BCUT2D eigenvalue weighted by atomic mass is 19.1. The van der Waals surface area contributed by atoms with Crippen LogP contribution in [0.1, 0.15) is 36.0 Å². The molecular weight excluding hydrogens is 207 g/mol. The Bertz CT molecular complexity index is 377. The second kappa shape index (κ2) is 5.05. The lowest BCUT2D eigenvalue weighted by Crippen LogP contribution is -2.28. The van der Waals surface area contributed by atoms with E-state index in [1.54, 1.807) is 0 Å². The monoisotopic (exact) mass is 222 g/mol. The lowest BCUT2D eigenvalue weighted by molar-refractivity contribution is 0.0945. The predicted molar refractivity (Wildman–Crippen MR) is 58.5 cm³/mol. The maximum Gasteiger partial charge on any atom is 0.254 e. The average Bonchev–Trinajstić information content (AvgIpc) is 2.22. The molecule has 2 rings (SSSR count). The molecule has 0 atom stereocenters. The fraction of sp³-hybridized carbons (Fsp3) is 0.500. The lowest BCUT2D eigenvalue weighted by Gasteiger charge is -2.25. The molecule has 1 N–H and O–H groups in total. The fourth-order valence-corrected chi connectivity index (χ4v) is 1.83. The minimum absolute atomic E-state index is 0.0728. The average molecular weight is 222 g/mol. The predicted octanol–water partition coefficient (Wildman–Crippen LogP) is 2.14. The van der Waals surface area contributed by atoms with E-state index in [4.69, 9.17) is 0 Å². The first-order valence-electron chi connectivity index (χ1n) is 5.65. The van der Waals surface area contributed by atoms with Crippen molar-refractivity contribution >= 4 is 5.91 Å². The van der Waals surface area contributed by atoms with Crippen LogP contribution in [0.2, 0.25) is 0 Å². The number of nitrogens with zero attached hydrogens (tertiary/aromatic N) is 1. The number of halogens is 1. The number of pyridine rings is 1. The zero-order valence-electron chi connectivity index (χ0n) is 9.08. The van der Waals surface area contributed by atoms with Gasteiger partial charge in [-0.3, -0.25) is 9.78 Å². The topological polar surface area (TPSA) is 42.0 Å². The SMILES string of the molecule is O=C(NCCC1CCC1)c1ccncc1F. The molecule has 0 bridgehead atoms. The van der Waals surface area contributed by atoms with Crippen molar-refractivity contribution in [2.45, 2.75) is 25.7 Å². The number of carbonyl (C=O) groups is 1. The van der Waals surface area contributed by atoms with Crippen LogP contribution in [-0.2, 0) is 0 Å². The first-order chi connectivity index (χ1) is 7.77. The number of rotatable bonds is 4. The minimum atomic E-state index is -0.566. The van der Waals surface area contributed by atoms with E-state index < -0.39 is 5.82 Å². The molecule has 1 aromatic heterocycles. The maximum absolute atomic E-state index is 13.2. The van der Waals surface area contributed by atoms with Gasteiger partial charge in [-0.25, -0.2) is 4.39 Å². The number of nitrogens with one attached hydrogen (secondary N) is 1. The van der Waals surface area contributed by atoms with Crippen molar-refractivity contribution in [1.29, 1.82) is 0 Å². The van der Waals surface area contributed by atoms with Crippen molar-refractivity contribution in [3.8, 4) is 0 Å². The van der Waals surface area contributed by atoms with Crippen LogP contribution < -0.4 is 5.32 Å². The molecule has 1 heterocycles. The van der Waals surface area contributed by atoms with E-state index in [1.807, 2.05) is 0 Å². The van der Waals surface area contributed by atoms with Gasteiger partial charge in [0.1, 0.15) is 0 Å². The number of hydrogen-bond donors (Lipinski definition) is 1. The molecule has 1 aromatic rings. The summed E-state index contributed by atoms with van der Waals surface area (Å²) in [5.74, 6) is -0.162. The maximum atomic E-state index is 13.2. The van der Waals surface area contributed by atoms with Gasteiger partial charge in [0.2, 0.25) is 0 Å². The molecule has 0 unspecified atom stereocenters. The molecule has 0 saturated heterocycles. The molecule has 1 aliphatic carbocycles. The quantitative estimate of drug-likeness (QED) is 0.848. The summed E-state index contributed by atoms with van der Waals surface area (Å²) in [7, 11) is 0. The van der Waals surface area contributed by atoms with E-state index in [0.717, 1.165) is 18.5 Å². The highest BCUT2D eigenvalue weighted by Crippen LogP contribution is 2.28. The van der Waals surface area contributed by atoms with Gasteiger partial charge in [0.15, 0.2) is 5.82 Å². The van der Waals surface area contributed by atoms with E-state index >= 15 is 0 Å². The van der Waals surface area contributed by atoms with E-state index in [0.29, 0.717) is 6.54 Å². The summed E-state index contributed by atoms with van der Waals surface area (Å²) in [5.41, 5.74) is 0.0728. The second-order valence-corrected chi connectivity index (χ2v) is 4.20. The third kappa shape index (κ3) is 2.56. The molecular formula is C12H15FN2O. The summed E-state index contributed by atoms with van der Waals surface area (Å²) in [5, 5.41) is 2.73. The van der Waals surface area contributed by atoms with Gasteiger partial charge in [0.05, 0.1) is 11.8 Å². The summed E-state index contributed by atoms with van der Waals surface area (Å²) in [6, 6.07) is 1.40. The number of hydrogen-bond acceptors (Lipinski definition) is 2. The fourth-order valence-electron chi connectivity index (χ4n) is 1.83. The van der Waals surface area contributed by atoms with E-state index in [1.165, 1.54) is 31.5 Å². The minimum Gasteiger partial charge on any atom is -0.352 e. The summed E-state index contributed by atoms with van der Waals surface area (Å²) in [4.78, 5) is 15.2. The van der Waals surface area contributed by atoms with Crippen molar-refractivity contribution in [3.05, 3.63) is 29.8 Å². The van der Waals surface area contributed by atoms with E-state index in [-0.39, 0.29) is 11.5 Å². The second-order valence-electron chi connectivity index (χ2n) is 4.20. The van der Waals surface area contributed by atoms with Gasteiger partial charge in [-0.05, 0) is 18.4 Å². The standard InChI is InChI=1S/C12H15FN2O/c13-11-8-14-6-5-10(11)12(16)15-7-4-9-2-1-3-9/h5-6,8-9H,1-4,7H2,(H,15,16). The smallest absolute Gasteiger partial charge is 0.254 e. The largest absolute Gasteiger partial charge is 0.352 e. The van der Waals surface area contributed by atoms with Crippen molar-refractivity contribution in [1.82, 2.24) is 10.3 Å². The Kier molecular flexibility index (Phi) is 3.49. The third-order valence-corrected chi connectivity index (χ3v) is 3.08. The molecule has 3 nitrogen and oxygen atoms in total. The third-order valence-electron chi connectivity index (χ3n) is 3.08. The summed E-state index contributed by atoms with van der Waals surface area (Å²) in [6.45, 7) is 0.630. The van der Waals surface area contributed by atoms with Crippen molar-refractivity contribution in [3.63, 3.8) is 0 Å². The number of carbonyl (C=O) groups excluding carboxylic acids is 1. The van der Waals surface area contributed by atoms with Crippen LogP contribution in [0.25, 0.3) is 0 Å². The Morgan fingerprint density at radius 2 is 2.38 bits per heavy atom. The zero-order valence-corrected chi connectivity index (χ0v) is 9.08. The molecule has 1 saturated carbocycles. The Morgan fingerprint density at radius 1 is 1.56 bits per heavy atom. The first-order valence-corrected chi connectivity index (χ1v) is 5.65. The first kappa shape index (κ1) is 11.0. The van der Waals surface area contributed by atoms with Crippen LogP contribution in [0.4, 0.5) is 4.39 Å². The molecule has 1 aliphatic rings. The molecule has 1 fully saturated rings. The van der Waals surface area contributed by atoms with Gasteiger partial charge in [0.25, 0.3) is 5.91 Å². The molecule has 0 radical (unpaired) electrons. The highest BCUT2D eigenvalue weighted by Gasteiger charge is 2.17. The van der Waals surface area contributed by atoms with Crippen LogP contribution in [0, 0.1) is 11.7 Å². The summed E-state index contributed by atoms with van der Waals surface area (Å²) < 4.78 is 13.2. The van der Waals surface area contributed by atoms with Gasteiger partial charge >= 0.3 is 0 Å². The van der Waals surface area contributed by atoms with E-state index in [2.05, 4.69) is 10.3 Å². The molecule has 1 amide bonds. The van der Waals surface area contributed by atoms with Crippen molar-refractivity contribution < 1.29 is 9.18 Å². The summed E-state index contributed by atoms with van der Waals surface area (Å²) in [6.07, 6.45) is 7.31. The van der Waals surface area contributed by atoms with Crippen LogP contribution >= 0.6 is 0 Å². The van der Waals surface area contributed by atoms with Gasteiger partial charge in [-0.2, -0.15) is 0 Å². The Labute approximate surface area is 94.1 Å². The van der Waals surface area contributed by atoms with Crippen molar-refractivity contribution in [2.75, 3.05) is 6.54 Å². The Balaban J connectivity index is 1.81. The molecule has 16 heavy (non-hydrogen) atoms. The Hall–Kier alpha value is -1.45. The number of amides is 1. The normalized spacial score (nSPS) is 15.6. The van der Waals surface area contributed by atoms with E-state index in [9.17, 15) is 9.18 Å². The van der Waals surface area contributed by atoms with Gasteiger partial charge in [-0.1, -0.05) is 19.3 Å². The molecule has 4 heteroatoms. The summed E-state index contributed by atoms with van der Waals surface area (Å²) >= 11 is 0. The number of aromatic nitrogens is 1. The van der Waals surface area contributed by atoms with Crippen LogP contribution in [0.5, 0.6) is 0 Å². The van der Waals surface area contributed by atoms with Crippen LogP contribution in [-0.4, -0.2) is 17.4 Å². The zero-order chi connectivity index (χ0) is 11.4. The van der Waals surface area contributed by atoms with Crippen LogP contribution in [0.3, 0.4) is 0 Å². The molecule has 86 valence electrons. The van der Waals surface area contributed by atoms with Crippen molar-refractivity contribution in [2.24, 2.45) is 5.92 Å². The molecule has 0 aromatic carbocycles.